The third kappa shape index (κ3) is 4.21. The smallest absolute Gasteiger partial charge is 0.254 e. The molecule has 0 saturated carbocycles. The van der Waals surface area contributed by atoms with Gasteiger partial charge in [-0.3, -0.25) is 9.59 Å². The summed E-state index contributed by atoms with van der Waals surface area (Å²) in [5.74, 6) is -0.138. The Labute approximate surface area is 161 Å². The molecule has 0 aliphatic carbocycles. The highest BCUT2D eigenvalue weighted by molar-refractivity contribution is 5.96. The molecule has 3 rings (SSSR count). The fraction of sp³-hybridized carbons (Fsp3) is 0.391. The number of carbonyl (C=O) groups excluding carboxylic acids is 2. The molecular weight excluding hydrogens is 336 g/mol. The fourth-order valence-electron chi connectivity index (χ4n) is 3.75. The maximum atomic E-state index is 13.1. The molecule has 2 amide bonds. The molecule has 142 valence electrons. The van der Waals surface area contributed by atoms with Crippen molar-refractivity contribution in [3.05, 3.63) is 70.8 Å². The van der Waals surface area contributed by atoms with Crippen LogP contribution in [0.25, 0.3) is 0 Å². The highest BCUT2D eigenvalue weighted by Gasteiger charge is 2.40. The zero-order chi connectivity index (χ0) is 19.4. The van der Waals surface area contributed by atoms with Gasteiger partial charge in [0.1, 0.15) is 0 Å². The molecule has 1 N–H and O–H groups in total. The minimum atomic E-state index is -0.216. The first-order valence-electron chi connectivity index (χ1n) is 9.70. The number of rotatable bonds is 5. The first-order chi connectivity index (χ1) is 13.0. The molecule has 1 fully saturated rings. The lowest BCUT2D eigenvalue weighted by molar-refractivity contribution is -0.124. The van der Waals surface area contributed by atoms with Crippen molar-refractivity contribution in [1.29, 1.82) is 0 Å². The van der Waals surface area contributed by atoms with Crippen molar-refractivity contribution in [2.24, 2.45) is 5.92 Å². The van der Waals surface area contributed by atoms with E-state index in [1.165, 1.54) is 5.56 Å². The average Bonchev–Trinajstić information content (AvgIpc) is 3.12. The highest BCUT2D eigenvalue weighted by Crippen LogP contribution is 2.34. The number of hydrogen-bond acceptors (Lipinski definition) is 2. The topological polar surface area (TPSA) is 49.4 Å². The number of nitrogens with one attached hydrogen (secondary N) is 1. The van der Waals surface area contributed by atoms with Gasteiger partial charge in [0.15, 0.2) is 0 Å². The Balaban J connectivity index is 1.86. The summed E-state index contributed by atoms with van der Waals surface area (Å²) in [5, 5.41) is 3.02. The van der Waals surface area contributed by atoms with Crippen molar-refractivity contribution in [2.75, 3.05) is 19.6 Å². The Hall–Kier alpha value is -2.62. The standard InChI is InChI=1S/C23H28N2O2/c1-4-13-24-22(26)21-15-25(23(27)19-8-6-5-7-17(19)3)14-20(21)18-11-9-16(2)10-12-18/h5-12,20-21H,4,13-15H2,1-3H3,(H,24,26). The first kappa shape index (κ1) is 19.2. The van der Waals surface area contributed by atoms with E-state index in [4.69, 9.17) is 0 Å². The second kappa shape index (κ2) is 8.38. The molecule has 2 atom stereocenters. The molecule has 4 heteroatoms. The van der Waals surface area contributed by atoms with E-state index in [2.05, 4.69) is 36.5 Å². The zero-order valence-electron chi connectivity index (χ0n) is 16.4. The van der Waals surface area contributed by atoms with Crippen LogP contribution < -0.4 is 5.32 Å². The quantitative estimate of drug-likeness (QED) is 0.880. The third-order valence-electron chi connectivity index (χ3n) is 5.37. The lowest BCUT2D eigenvalue weighted by atomic mass is 9.88. The predicted molar refractivity (Wildman–Crippen MR) is 108 cm³/mol. The van der Waals surface area contributed by atoms with Crippen LogP contribution in [0.5, 0.6) is 0 Å². The van der Waals surface area contributed by atoms with Gasteiger partial charge in [-0.05, 0) is 37.5 Å². The van der Waals surface area contributed by atoms with Crippen LogP contribution in [0.15, 0.2) is 48.5 Å². The molecule has 0 spiro atoms. The Morgan fingerprint density at radius 3 is 2.41 bits per heavy atom. The van der Waals surface area contributed by atoms with Gasteiger partial charge in [-0.15, -0.1) is 0 Å². The fourth-order valence-corrected chi connectivity index (χ4v) is 3.75. The van der Waals surface area contributed by atoms with Crippen LogP contribution in [0.4, 0.5) is 0 Å². The molecule has 2 unspecified atom stereocenters. The van der Waals surface area contributed by atoms with E-state index in [1.54, 1.807) is 0 Å². The lowest BCUT2D eigenvalue weighted by Crippen LogP contribution is -2.36. The van der Waals surface area contributed by atoms with Crippen LogP contribution in [-0.2, 0) is 4.79 Å². The second-order valence-electron chi connectivity index (χ2n) is 7.44. The molecule has 0 aromatic heterocycles. The van der Waals surface area contributed by atoms with E-state index in [9.17, 15) is 9.59 Å². The van der Waals surface area contributed by atoms with Gasteiger partial charge in [0, 0.05) is 31.1 Å². The van der Waals surface area contributed by atoms with Gasteiger partial charge in [-0.25, -0.2) is 0 Å². The van der Waals surface area contributed by atoms with Crippen molar-refractivity contribution in [3.63, 3.8) is 0 Å². The summed E-state index contributed by atoms with van der Waals surface area (Å²) in [4.78, 5) is 27.7. The van der Waals surface area contributed by atoms with Crippen LogP contribution in [0.3, 0.4) is 0 Å². The molecular formula is C23H28N2O2. The second-order valence-corrected chi connectivity index (χ2v) is 7.44. The predicted octanol–water partition coefficient (Wildman–Crippen LogP) is 3.69. The Morgan fingerprint density at radius 2 is 1.74 bits per heavy atom. The summed E-state index contributed by atoms with van der Waals surface area (Å²) >= 11 is 0. The summed E-state index contributed by atoms with van der Waals surface area (Å²) in [6.07, 6.45) is 0.902. The van der Waals surface area contributed by atoms with Crippen LogP contribution in [0.1, 0.15) is 46.3 Å². The number of nitrogens with zero attached hydrogens (tertiary/aromatic N) is 1. The SMILES string of the molecule is CCCNC(=O)C1CN(C(=O)c2ccccc2C)CC1c1ccc(C)cc1. The van der Waals surface area contributed by atoms with Gasteiger partial charge in [-0.1, -0.05) is 55.0 Å². The van der Waals surface area contributed by atoms with Gasteiger partial charge in [0.25, 0.3) is 5.91 Å². The number of amides is 2. The van der Waals surface area contributed by atoms with E-state index >= 15 is 0 Å². The van der Waals surface area contributed by atoms with Crippen molar-refractivity contribution >= 4 is 11.8 Å². The van der Waals surface area contributed by atoms with Crippen molar-refractivity contribution < 1.29 is 9.59 Å². The third-order valence-corrected chi connectivity index (χ3v) is 5.37. The monoisotopic (exact) mass is 364 g/mol. The summed E-state index contributed by atoms with van der Waals surface area (Å²) in [7, 11) is 0. The summed E-state index contributed by atoms with van der Waals surface area (Å²) in [6, 6.07) is 16.0. The maximum absolute atomic E-state index is 13.1. The number of benzene rings is 2. The molecule has 0 bridgehead atoms. The summed E-state index contributed by atoms with van der Waals surface area (Å²) in [6.45, 7) is 7.74. The van der Waals surface area contributed by atoms with Gasteiger partial charge in [-0.2, -0.15) is 0 Å². The van der Waals surface area contributed by atoms with E-state index in [0.717, 1.165) is 23.1 Å². The Kier molecular flexibility index (Phi) is 5.94. The van der Waals surface area contributed by atoms with Gasteiger partial charge in [0.05, 0.1) is 5.92 Å². The molecule has 1 aliphatic rings. The summed E-state index contributed by atoms with van der Waals surface area (Å²) < 4.78 is 0. The van der Waals surface area contributed by atoms with Crippen LogP contribution in [-0.4, -0.2) is 36.3 Å². The minimum Gasteiger partial charge on any atom is -0.356 e. The lowest BCUT2D eigenvalue weighted by Gasteiger charge is -2.18. The minimum absolute atomic E-state index is 0.0102. The summed E-state index contributed by atoms with van der Waals surface area (Å²) in [5.41, 5.74) is 4.00. The largest absolute Gasteiger partial charge is 0.356 e. The Morgan fingerprint density at radius 1 is 1.04 bits per heavy atom. The van der Waals surface area contributed by atoms with E-state index < -0.39 is 0 Å². The van der Waals surface area contributed by atoms with Gasteiger partial charge < -0.3 is 10.2 Å². The molecule has 1 aliphatic heterocycles. The zero-order valence-corrected chi connectivity index (χ0v) is 16.4. The highest BCUT2D eigenvalue weighted by atomic mass is 16.2. The molecule has 1 saturated heterocycles. The number of carbonyl (C=O) groups is 2. The van der Waals surface area contributed by atoms with Gasteiger partial charge >= 0.3 is 0 Å². The van der Waals surface area contributed by atoms with E-state index in [-0.39, 0.29) is 23.7 Å². The molecule has 4 nitrogen and oxygen atoms in total. The van der Waals surface area contributed by atoms with Crippen molar-refractivity contribution in [1.82, 2.24) is 10.2 Å². The van der Waals surface area contributed by atoms with Crippen LogP contribution in [0, 0.1) is 19.8 Å². The van der Waals surface area contributed by atoms with E-state index in [1.807, 2.05) is 43.0 Å². The molecule has 2 aromatic rings. The maximum Gasteiger partial charge on any atom is 0.254 e. The molecule has 1 heterocycles. The molecule has 0 radical (unpaired) electrons. The van der Waals surface area contributed by atoms with Crippen LogP contribution in [0.2, 0.25) is 0 Å². The van der Waals surface area contributed by atoms with Crippen LogP contribution >= 0.6 is 0 Å². The number of aryl methyl sites for hydroxylation is 2. The average molecular weight is 364 g/mol. The number of likely N-dealkylation sites (tertiary alicyclic amines) is 1. The molecule has 2 aromatic carbocycles. The van der Waals surface area contributed by atoms with Crippen molar-refractivity contribution in [3.8, 4) is 0 Å². The van der Waals surface area contributed by atoms with E-state index in [0.29, 0.717) is 19.6 Å². The Bertz CT molecular complexity index is 813. The van der Waals surface area contributed by atoms with Gasteiger partial charge in [0.2, 0.25) is 5.91 Å². The number of hydrogen-bond donors (Lipinski definition) is 1. The first-order valence-corrected chi connectivity index (χ1v) is 9.70. The molecule has 27 heavy (non-hydrogen) atoms. The normalized spacial score (nSPS) is 19.1. The van der Waals surface area contributed by atoms with Crippen molar-refractivity contribution in [2.45, 2.75) is 33.1 Å².